The van der Waals surface area contributed by atoms with Gasteiger partial charge < -0.3 is 9.64 Å². The summed E-state index contributed by atoms with van der Waals surface area (Å²) in [5.41, 5.74) is 2.01. The molecule has 2 rings (SSSR count). The van der Waals surface area contributed by atoms with Gasteiger partial charge in [0.15, 0.2) is 5.78 Å². The number of benzene rings is 2. The van der Waals surface area contributed by atoms with Crippen molar-refractivity contribution in [3.05, 3.63) is 71.3 Å². The molecule has 2 aromatic rings. The first kappa shape index (κ1) is 19.9. The van der Waals surface area contributed by atoms with Gasteiger partial charge in [0.25, 0.3) is 0 Å². The Bertz CT molecular complexity index is 723. The lowest BCUT2D eigenvalue weighted by atomic mass is 9.96. The predicted octanol–water partition coefficient (Wildman–Crippen LogP) is 3.91. The highest BCUT2D eigenvalue weighted by Crippen LogP contribution is 2.20. The number of hydrogen-bond donors (Lipinski definition) is 0. The molecule has 0 amide bonds. The predicted molar refractivity (Wildman–Crippen MR) is 103 cm³/mol. The van der Waals surface area contributed by atoms with Crippen LogP contribution in [0.15, 0.2) is 54.6 Å². The molecule has 0 saturated carbocycles. The zero-order valence-electron chi connectivity index (χ0n) is 15.8. The van der Waals surface area contributed by atoms with Crippen LogP contribution in [0.2, 0.25) is 0 Å². The van der Waals surface area contributed by atoms with E-state index in [-0.39, 0.29) is 11.8 Å². The van der Waals surface area contributed by atoms with Crippen molar-refractivity contribution in [3.8, 4) is 0 Å². The van der Waals surface area contributed by atoms with Crippen molar-refractivity contribution in [2.24, 2.45) is 0 Å². The summed E-state index contributed by atoms with van der Waals surface area (Å²) in [6, 6.07) is 16.4. The number of ketones is 1. The molecule has 0 bridgehead atoms. The van der Waals surface area contributed by atoms with Crippen LogP contribution < -0.4 is 0 Å². The molecular weight excluding hydrogens is 326 g/mol. The zero-order valence-corrected chi connectivity index (χ0v) is 15.8. The second kappa shape index (κ2) is 9.88. The van der Waals surface area contributed by atoms with E-state index in [4.69, 9.17) is 4.74 Å². The molecule has 0 N–H and O–H groups in total. The average Bonchev–Trinajstić information content (AvgIpc) is 2.70. The molecule has 4 heteroatoms. The third kappa shape index (κ3) is 5.27. The first-order valence-electron chi connectivity index (χ1n) is 9.15. The molecule has 0 aliphatic carbocycles. The van der Waals surface area contributed by atoms with E-state index in [1.165, 1.54) is 0 Å². The molecule has 4 nitrogen and oxygen atoms in total. The highest BCUT2D eigenvalue weighted by Gasteiger charge is 2.19. The Morgan fingerprint density at radius 3 is 2.27 bits per heavy atom. The number of ether oxygens (including phenoxy) is 1. The Morgan fingerprint density at radius 1 is 0.962 bits per heavy atom. The van der Waals surface area contributed by atoms with Crippen molar-refractivity contribution < 1.29 is 14.3 Å². The maximum Gasteiger partial charge on any atom is 0.313 e. The molecule has 0 heterocycles. The van der Waals surface area contributed by atoms with Gasteiger partial charge in [-0.1, -0.05) is 62.4 Å². The minimum absolute atomic E-state index is 0.0467. The van der Waals surface area contributed by atoms with E-state index in [2.05, 4.69) is 18.7 Å². The maximum absolute atomic E-state index is 12.6. The number of carbonyl (C=O) groups is 2. The quantitative estimate of drug-likeness (QED) is 0.507. The number of hydrogen-bond acceptors (Lipinski definition) is 4. The summed E-state index contributed by atoms with van der Waals surface area (Å²) in [4.78, 5) is 27.1. The molecule has 26 heavy (non-hydrogen) atoms. The third-order valence-electron chi connectivity index (χ3n) is 4.58. The van der Waals surface area contributed by atoms with Crippen LogP contribution in [-0.2, 0) is 9.53 Å². The van der Waals surface area contributed by atoms with Crippen LogP contribution in [0.5, 0.6) is 0 Å². The van der Waals surface area contributed by atoms with E-state index in [1.807, 2.05) is 37.3 Å². The standard InChI is InChI=1S/C22H27NO3/c1-4-23(5-2)14-15-26-22(25)17(3)19-12-9-13-20(16-19)21(24)18-10-7-6-8-11-18/h6-13,16-17H,4-5,14-15H2,1-3H3. The van der Waals surface area contributed by atoms with Gasteiger partial charge in [-0.05, 0) is 31.6 Å². The Labute approximate surface area is 155 Å². The fourth-order valence-electron chi connectivity index (χ4n) is 2.78. The van der Waals surface area contributed by atoms with Gasteiger partial charge >= 0.3 is 5.97 Å². The van der Waals surface area contributed by atoms with Crippen LogP contribution >= 0.6 is 0 Å². The summed E-state index contributed by atoms with van der Waals surface area (Å²) in [5.74, 6) is -0.716. The first-order valence-corrected chi connectivity index (χ1v) is 9.15. The maximum atomic E-state index is 12.6. The van der Waals surface area contributed by atoms with Gasteiger partial charge in [0, 0.05) is 17.7 Å². The van der Waals surface area contributed by atoms with Crippen molar-refractivity contribution in [1.29, 1.82) is 0 Å². The monoisotopic (exact) mass is 353 g/mol. The Hall–Kier alpha value is -2.46. The van der Waals surface area contributed by atoms with Gasteiger partial charge in [-0.15, -0.1) is 0 Å². The lowest BCUT2D eigenvalue weighted by Crippen LogP contribution is -2.28. The van der Waals surface area contributed by atoms with Gasteiger partial charge in [0.1, 0.15) is 6.61 Å². The van der Waals surface area contributed by atoms with Crippen LogP contribution in [0.3, 0.4) is 0 Å². The Balaban J connectivity index is 2.02. The number of carbonyl (C=O) groups excluding carboxylic acids is 2. The zero-order chi connectivity index (χ0) is 18.9. The molecule has 0 spiro atoms. The number of likely N-dealkylation sites (N-methyl/N-ethyl adjacent to an activating group) is 1. The fraction of sp³-hybridized carbons (Fsp3) is 0.364. The van der Waals surface area contributed by atoms with E-state index < -0.39 is 5.92 Å². The average molecular weight is 353 g/mol. The van der Waals surface area contributed by atoms with Crippen molar-refractivity contribution >= 4 is 11.8 Å². The molecule has 1 unspecified atom stereocenters. The van der Waals surface area contributed by atoms with E-state index in [0.717, 1.165) is 25.2 Å². The van der Waals surface area contributed by atoms with E-state index in [9.17, 15) is 9.59 Å². The summed E-state index contributed by atoms with van der Waals surface area (Å²) in [7, 11) is 0. The molecule has 0 aliphatic heterocycles. The molecule has 0 radical (unpaired) electrons. The Kier molecular flexibility index (Phi) is 7.54. The van der Waals surface area contributed by atoms with Gasteiger partial charge in [-0.25, -0.2) is 0 Å². The molecule has 0 fully saturated rings. The summed E-state index contributed by atoms with van der Waals surface area (Å²) in [5, 5.41) is 0. The number of nitrogens with zero attached hydrogens (tertiary/aromatic N) is 1. The molecule has 0 saturated heterocycles. The topological polar surface area (TPSA) is 46.6 Å². The molecular formula is C22H27NO3. The number of rotatable bonds is 9. The molecule has 0 aliphatic rings. The van der Waals surface area contributed by atoms with E-state index >= 15 is 0 Å². The van der Waals surface area contributed by atoms with Crippen LogP contribution in [0.1, 0.15) is 48.2 Å². The van der Waals surface area contributed by atoms with Crippen molar-refractivity contribution in [2.75, 3.05) is 26.2 Å². The van der Waals surface area contributed by atoms with Crippen LogP contribution in [-0.4, -0.2) is 42.9 Å². The Morgan fingerprint density at radius 2 is 1.62 bits per heavy atom. The SMILES string of the molecule is CCN(CC)CCOC(=O)C(C)c1cccc(C(=O)c2ccccc2)c1. The summed E-state index contributed by atoms with van der Waals surface area (Å²) in [6.45, 7) is 8.98. The van der Waals surface area contributed by atoms with Crippen LogP contribution in [0.4, 0.5) is 0 Å². The van der Waals surface area contributed by atoms with Crippen LogP contribution in [0, 0.1) is 0 Å². The third-order valence-corrected chi connectivity index (χ3v) is 4.58. The minimum Gasteiger partial charge on any atom is -0.464 e. The molecule has 0 aromatic heterocycles. The molecule has 138 valence electrons. The van der Waals surface area contributed by atoms with E-state index in [1.54, 1.807) is 24.3 Å². The first-order chi connectivity index (χ1) is 12.6. The van der Waals surface area contributed by atoms with Gasteiger partial charge in [0.2, 0.25) is 0 Å². The molecule has 1 atom stereocenters. The highest BCUT2D eigenvalue weighted by atomic mass is 16.5. The summed E-state index contributed by atoms with van der Waals surface area (Å²) < 4.78 is 5.41. The summed E-state index contributed by atoms with van der Waals surface area (Å²) >= 11 is 0. The second-order valence-electron chi connectivity index (χ2n) is 6.24. The van der Waals surface area contributed by atoms with Gasteiger partial charge in [0.05, 0.1) is 5.92 Å². The van der Waals surface area contributed by atoms with Gasteiger partial charge in [-0.3, -0.25) is 9.59 Å². The highest BCUT2D eigenvalue weighted by molar-refractivity contribution is 6.09. The normalized spacial score (nSPS) is 12.0. The molecule has 2 aromatic carbocycles. The van der Waals surface area contributed by atoms with Crippen molar-refractivity contribution in [1.82, 2.24) is 4.90 Å². The lowest BCUT2D eigenvalue weighted by Gasteiger charge is -2.18. The van der Waals surface area contributed by atoms with Gasteiger partial charge in [-0.2, -0.15) is 0 Å². The van der Waals surface area contributed by atoms with E-state index in [0.29, 0.717) is 17.7 Å². The van der Waals surface area contributed by atoms with Crippen LogP contribution in [0.25, 0.3) is 0 Å². The largest absolute Gasteiger partial charge is 0.464 e. The van der Waals surface area contributed by atoms with Crippen molar-refractivity contribution in [3.63, 3.8) is 0 Å². The minimum atomic E-state index is -0.407. The number of esters is 1. The fourth-order valence-corrected chi connectivity index (χ4v) is 2.78. The summed E-state index contributed by atoms with van der Waals surface area (Å²) in [6.07, 6.45) is 0. The van der Waals surface area contributed by atoms with Crippen molar-refractivity contribution in [2.45, 2.75) is 26.7 Å². The second-order valence-corrected chi connectivity index (χ2v) is 6.24. The lowest BCUT2D eigenvalue weighted by molar-refractivity contribution is -0.145. The smallest absolute Gasteiger partial charge is 0.313 e.